The standard InChI is InChI=1S/C13H27NO2/c1-4-6-11(3)9-12(14-5-2)13-10-15-7-8-16-13/h11-14H,4-10H2,1-3H3. The smallest absolute Gasteiger partial charge is 0.0962 e. The first-order chi connectivity index (χ1) is 7.77. The van der Waals surface area contributed by atoms with Gasteiger partial charge in [0.05, 0.1) is 25.9 Å². The van der Waals surface area contributed by atoms with Crippen LogP contribution in [0.25, 0.3) is 0 Å². The molecule has 96 valence electrons. The number of rotatable bonds is 7. The lowest BCUT2D eigenvalue weighted by molar-refractivity contribution is -0.103. The molecule has 1 N–H and O–H groups in total. The van der Waals surface area contributed by atoms with Gasteiger partial charge in [0.1, 0.15) is 0 Å². The van der Waals surface area contributed by atoms with Crippen molar-refractivity contribution in [3.05, 3.63) is 0 Å². The average Bonchev–Trinajstić information content (AvgIpc) is 2.30. The Kier molecular flexibility index (Phi) is 7.01. The maximum atomic E-state index is 5.78. The van der Waals surface area contributed by atoms with Gasteiger partial charge in [-0.2, -0.15) is 0 Å². The highest BCUT2D eigenvalue weighted by molar-refractivity contribution is 4.80. The first-order valence-electron chi connectivity index (χ1n) is 6.70. The van der Waals surface area contributed by atoms with Gasteiger partial charge < -0.3 is 14.8 Å². The summed E-state index contributed by atoms with van der Waals surface area (Å²) in [6.07, 6.45) is 4.00. The molecule has 0 spiro atoms. The van der Waals surface area contributed by atoms with E-state index in [2.05, 4.69) is 26.1 Å². The van der Waals surface area contributed by atoms with Crippen LogP contribution in [0, 0.1) is 5.92 Å². The maximum Gasteiger partial charge on any atom is 0.0962 e. The molecule has 3 atom stereocenters. The maximum absolute atomic E-state index is 5.78. The van der Waals surface area contributed by atoms with Crippen molar-refractivity contribution >= 4 is 0 Å². The lowest BCUT2D eigenvalue weighted by atomic mass is 9.94. The summed E-state index contributed by atoms with van der Waals surface area (Å²) in [6, 6.07) is 0.451. The minimum absolute atomic E-state index is 0.244. The molecular weight excluding hydrogens is 202 g/mol. The quantitative estimate of drug-likeness (QED) is 0.726. The van der Waals surface area contributed by atoms with Gasteiger partial charge in [0.2, 0.25) is 0 Å². The minimum atomic E-state index is 0.244. The van der Waals surface area contributed by atoms with E-state index >= 15 is 0 Å². The van der Waals surface area contributed by atoms with E-state index < -0.39 is 0 Å². The lowest BCUT2D eigenvalue weighted by Crippen LogP contribution is -2.47. The summed E-state index contributed by atoms with van der Waals surface area (Å²) in [7, 11) is 0. The zero-order valence-electron chi connectivity index (χ0n) is 11.0. The summed E-state index contributed by atoms with van der Waals surface area (Å²) in [5, 5.41) is 3.54. The van der Waals surface area contributed by atoms with Crippen molar-refractivity contribution < 1.29 is 9.47 Å². The van der Waals surface area contributed by atoms with Gasteiger partial charge >= 0.3 is 0 Å². The van der Waals surface area contributed by atoms with Gasteiger partial charge in [0.15, 0.2) is 0 Å². The normalized spacial score (nSPS) is 25.3. The highest BCUT2D eigenvalue weighted by Crippen LogP contribution is 2.17. The predicted octanol–water partition coefficient (Wildman–Crippen LogP) is 2.21. The molecular formula is C13H27NO2. The number of likely N-dealkylation sites (N-methyl/N-ethyl adjacent to an activating group) is 1. The molecule has 0 amide bonds. The fourth-order valence-corrected chi connectivity index (χ4v) is 2.41. The summed E-state index contributed by atoms with van der Waals surface area (Å²) < 4.78 is 11.3. The van der Waals surface area contributed by atoms with Crippen molar-refractivity contribution in [2.45, 2.75) is 52.2 Å². The Bertz CT molecular complexity index is 169. The molecule has 0 aliphatic carbocycles. The van der Waals surface area contributed by atoms with Gasteiger partial charge in [-0.3, -0.25) is 0 Å². The van der Waals surface area contributed by atoms with E-state index in [4.69, 9.17) is 9.47 Å². The second-order valence-electron chi connectivity index (χ2n) is 4.78. The van der Waals surface area contributed by atoms with E-state index in [9.17, 15) is 0 Å². The van der Waals surface area contributed by atoms with E-state index in [0.29, 0.717) is 6.04 Å². The monoisotopic (exact) mass is 229 g/mol. The second-order valence-corrected chi connectivity index (χ2v) is 4.78. The van der Waals surface area contributed by atoms with E-state index in [1.165, 1.54) is 19.3 Å². The van der Waals surface area contributed by atoms with Crippen LogP contribution in [0.5, 0.6) is 0 Å². The Morgan fingerprint density at radius 1 is 1.31 bits per heavy atom. The lowest BCUT2D eigenvalue weighted by Gasteiger charge is -2.32. The molecule has 3 nitrogen and oxygen atoms in total. The molecule has 0 saturated carbocycles. The van der Waals surface area contributed by atoms with Crippen LogP contribution in [0.1, 0.15) is 40.0 Å². The predicted molar refractivity (Wildman–Crippen MR) is 66.7 cm³/mol. The summed E-state index contributed by atoms with van der Waals surface area (Å²) in [4.78, 5) is 0. The molecule has 1 saturated heterocycles. The summed E-state index contributed by atoms with van der Waals surface area (Å²) in [5.74, 6) is 0.763. The Morgan fingerprint density at radius 3 is 2.69 bits per heavy atom. The van der Waals surface area contributed by atoms with Crippen LogP contribution in [0.3, 0.4) is 0 Å². The highest BCUT2D eigenvalue weighted by Gasteiger charge is 2.25. The molecule has 0 aromatic rings. The van der Waals surface area contributed by atoms with Gasteiger partial charge in [-0.25, -0.2) is 0 Å². The van der Waals surface area contributed by atoms with Gasteiger partial charge in [-0.05, 0) is 18.9 Å². The summed E-state index contributed by atoms with van der Waals surface area (Å²) in [6.45, 7) is 9.98. The van der Waals surface area contributed by atoms with E-state index in [0.717, 1.165) is 32.3 Å². The zero-order valence-corrected chi connectivity index (χ0v) is 11.0. The average molecular weight is 229 g/mol. The van der Waals surface area contributed by atoms with E-state index in [1.54, 1.807) is 0 Å². The molecule has 1 fully saturated rings. The van der Waals surface area contributed by atoms with Crippen molar-refractivity contribution in [3.8, 4) is 0 Å². The van der Waals surface area contributed by atoms with Crippen molar-refractivity contribution in [2.75, 3.05) is 26.4 Å². The van der Waals surface area contributed by atoms with Crippen LogP contribution < -0.4 is 5.32 Å². The van der Waals surface area contributed by atoms with E-state index in [1.807, 2.05) is 0 Å². The number of nitrogens with one attached hydrogen (secondary N) is 1. The largest absolute Gasteiger partial charge is 0.376 e. The van der Waals surface area contributed by atoms with Crippen molar-refractivity contribution in [1.82, 2.24) is 5.32 Å². The van der Waals surface area contributed by atoms with Gasteiger partial charge in [0.25, 0.3) is 0 Å². The third kappa shape index (κ3) is 4.81. The fourth-order valence-electron chi connectivity index (χ4n) is 2.41. The molecule has 3 unspecified atom stereocenters. The summed E-state index contributed by atoms with van der Waals surface area (Å²) in [5.41, 5.74) is 0. The Labute approximate surface area is 99.9 Å². The van der Waals surface area contributed by atoms with E-state index in [-0.39, 0.29) is 6.10 Å². The molecule has 1 aliphatic heterocycles. The van der Waals surface area contributed by atoms with Crippen LogP contribution in [-0.2, 0) is 9.47 Å². The topological polar surface area (TPSA) is 30.5 Å². The molecule has 1 rings (SSSR count). The van der Waals surface area contributed by atoms with Gasteiger partial charge in [-0.1, -0.05) is 33.6 Å². The van der Waals surface area contributed by atoms with Crippen LogP contribution in [-0.4, -0.2) is 38.5 Å². The molecule has 0 aromatic heterocycles. The third-order valence-electron chi connectivity index (χ3n) is 3.19. The molecule has 0 bridgehead atoms. The van der Waals surface area contributed by atoms with Crippen LogP contribution >= 0.6 is 0 Å². The molecule has 1 heterocycles. The molecule has 0 aromatic carbocycles. The minimum Gasteiger partial charge on any atom is -0.376 e. The highest BCUT2D eigenvalue weighted by atomic mass is 16.6. The first kappa shape index (κ1) is 13.9. The van der Waals surface area contributed by atoms with Crippen LogP contribution in [0.4, 0.5) is 0 Å². The Morgan fingerprint density at radius 2 is 2.12 bits per heavy atom. The van der Waals surface area contributed by atoms with Crippen molar-refractivity contribution in [2.24, 2.45) is 5.92 Å². The SMILES string of the molecule is CCCC(C)CC(NCC)C1COCCO1. The Hall–Kier alpha value is -0.120. The molecule has 1 aliphatic rings. The Balaban J connectivity index is 2.38. The molecule has 3 heteroatoms. The third-order valence-corrected chi connectivity index (χ3v) is 3.19. The van der Waals surface area contributed by atoms with Crippen molar-refractivity contribution in [1.29, 1.82) is 0 Å². The molecule has 16 heavy (non-hydrogen) atoms. The van der Waals surface area contributed by atoms with Crippen LogP contribution in [0.2, 0.25) is 0 Å². The number of ether oxygens (including phenoxy) is 2. The van der Waals surface area contributed by atoms with Crippen molar-refractivity contribution in [3.63, 3.8) is 0 Å². The molecule has 0 radical (unpaired) electrons. The van der Waals surface area contributed by atoms with Gasteiger partial charge in [0, 0.05) is 6.04 Å². The van der Waals surface area contributed by atoms with Gasteiger partial charge in [-0.15, -0.1) is 0 Å². The summed E-state index contributed by atoms with van der Waals surface area (Å²) >= 11 is 0. The second kappa shape index (κ2) is 8.04. The van der Waals surface area contributed by atoms with Crippen LogP contribution in [0.15, 0.2) is 0 Å². The number of hydrogen-bond donors (Lipinski definition) is 1. The first-order valence-corrected chi connectivity index (χ1v) is 6.70. The fraction of sp³-hybridized carbons (Fsp3) is 1.00. The zero-order chi connectivity index (χ0) is 11.8. The number of hydrogen-bond acceptors (Lipinski definition) is 3.